The summed E-state index contributed by atoms with van der Waals surface area (Å²) in [5, 5.41) is 3.23. The van der Waals surface area contributed by atoms with E-state index in [1.54, 1.807) is 29.7 Å². The van der Waals surface area contributed by atoms with E-state index in [0.29, 0.717) is 29.0 Å². The Balaban J connectivity index is 1.45. The van der Waals surface area contributed by atoms with Gasteiger partial charge in [-0.15, -0.1) is 0 Å². The molecule has 1 fully saturated rings. The van der Waals surface area contributed by atoms with E-state index < -0.39 is 0 Å². The highest BCUT2D eigenvalue weighted by Crippen LogP contribution is 2.19. The number of aromatic nitrogens is 2. The van der Waals surface area contributed by atoms with E-state index in [9.17, 15) is 9.59 Å². The molecule has 0 unspecified atom stereocenters. The van der Waals surface area contributed by atoms with Crippen LogP contribution in [0.1, 0.15) is 38.4 Å². The normalized spacial score (nSPS) is 14.4. The van der Waals surface area contributed by atoms with Gasteiger partial charge in [0.05, 0.1) is 23.2 Å². The van der Waals surface area contributed by atoms with E-state index in [-0.39, 0.29) is 11.5 Å². The van der Waals surface area contributed by atoms with Crippen LogP contribution in [0.3, 0.4) is 0 Å². The van der Waals surface area contributed by atoms with E-state index in [1.165, 1.54) is 39.3 Å². The first-order valence-corrected chi connectivity index (χ1v) is 11.3. The Morgan fingerprint density at radius 2 is 1.84 bits per heavy atom. The number of likely N-dealkylation sites (tertiary alicyclic amines) is 1. The lowest BCUT2D eigenvalue weighted by molar-refractivity contribution is -0.114. The number of rotatable bonds is 7. The number of hydrogen-bond acceptors (Lipinski definition) is 5. The van der Waals surface area contributed by atoms with Crippen molar-refractivity contribution in [3.05, 3.63) is 58.6 Å². The van der Waals surface area contributed by atoms with Crippen molar-refractivity contribution in [1.82, 2.24) is 14.5 Å². The number of anilines is 1. The molecule has 0 bridgehead atoms. The van der Waals surface area contributed by atoms with Gasteiger partial charge in [0.25, 0.3) is 5.56 Å². The predicted octanol–water partition coefficient (Wildman–Crippen LogP) is 3.91. The Morgan fingerprint density at radius 1 is 1.09 bits per heavy atom. The molecule has 1 aliphatic rings. The van der Waals surface area contributed by atoms with Gasteiger partial charge >= 0.3 is 0 Å². The number of carbonyl (C=O) groups excluding carboxylic acids is 1. The molecule has 7 heteroatoms. The Bertz CT molecular complexity index is 1150. The van der Waals surface area contributed by atoms with Crippen LogP contribution in [0.25, 0.3) is 16.6 Å². The molecule has 168 valence electrons. The number of aryl methyl sites for hydroxylation is 1. The molecule has 0 atom stereocenters. The first-order chi connectivity index (χ1) is 15.5. The van der Waals surface area contributed by atoms with Gasteiger partial charge in [0, 0.05) is 19.2 Å². The fourth-order valence-electron chi connectivity index (χ4n) is 4.23. The Labute approximate surface area is 188 Å². The van der Waals surface area contributed by atoms with Gasteiger partial charge in [0.1, 0.15) is 11.6 Å². The number of nitrogens with one attached hydrogen (secondary N) is 1. The van der Waals surface area contributed by atoms with E-state index in [0.717, 1.165) is 24.4 Å². The molecule has 1 aliphatic heterocycles. The summed E-state index contributed by atoms with van der Waals surface area (Å²) >= 11 is 0. The smallest absolute Gasteiger partial charge is 0.265 e. The van der Waals surface area contributed by atoms with Crippen molar-refractivity contribution in [3.8, 4) is 11.4 Å². The third-order valence-corrected chi connectivity index (χ3v) is 5.79. The zero-order valence-electron chi connectivity index (χ0n) is 18.8. The summed E-state index contributed by atoms with van der Waals surface area (Å²) in [7, 11) is 0. The molecule has 3 aromatic rings. The van der Waals surface area contributed by atoms with Gasteiger partial charge in [0.15, 0.2) is 0 Å². The predicted molar refractivity (Wildman–Crippen MR) is 127 cm³/mol. The van der Waals surface area contributed by atoms with E-state index in [2.05, 4.69) is 15.2 Å². The maximum atomic E-state index is 13.1. The summed E-state index contributed by atoms with van der Waals surface area (Å²) in [4.78, 5) is 31.5. The maximum absolute atomic E-state index is 13.1. The first-order valence-electron chi connectivity index (χ1n) is 11.3. The fraction of sp³-hybridized carbons (Fsp3) is 0.400. The SMILES string of the molecule is CC(=O)Nc1ccc2c(=O)n(-c3ccc(OCCCN4CCCCC4)cc3)c(C)nc2c1. The standard InChI is InChI=1S/C25H30N4O3/c1-18-26-24-17-20(27-19(2)30)7-12-23(24)25(31)29(18)21-8-10-22(11-9-21)32-16-6-15-28-13-4-3-5-14-28/h7-12,17H,3-6,13-16H2,1-2H3,(H,27,30). The van der Waals surface area contributed by atoms with Gasteiger partial charge in [-0.05, 0) is 81.7 Å². The van der Waals surface area contributed by atoms with E-state index >= 15 is 0 Å². The van der Waals surface area contributed by atoms with Gasteiger partial charge < -0.3 is 15.0 Å². The number of carbonyl (C=O) groups is 1. The van der Waals surface area contributed by atoms with Crippen molar-refractivity contribution >= 4 is 22.5 Å². The lowest BCUT2D eigenvalue weighted by Gasteiger charge is -2.26. The van der Waals surface area contributed by atoms with Crippen LogP contribution < -0.4 is 15.6 Å². The molecule has 0 spiro atoms. The molecule has 4 rings (SSSR count). The van der Waals surface area contributed by atoms with Gasteiger partial charge in [-0.25, -0.2) is 4.98 Å². The molecule has 32 heavy (non-hydrogen) atoms. The number of amides is 1. The van der Waals surface area contributed by atoms with Crippen LogP contribution in [0.5, 0.6) is 5.75 Å². The van der Waals surface area contributed by atoms with Crippen molar-refractivity contribution in [3.63, 3.8) is 0 Å². The van der Waals surface area contributed by atoms with Crippen molar-refractivity contribution < 1.29 is 9.53 Å². The van der Waals surface area contributed by atoms with E-state index in [1.807, 2.05) is 24.3 Å². The number of piperidine rings is 1. The Morgan fingerprint density at radius 3 is 2.56 bits per heavy atom. The van der Waals surface area contributed by atoms with Crippen LogP contribution in [-0.2, 0) is 4.79 Å². The van der Waals surface area contributed by atoms with Gasteiger partial charge in [0.2, 0.25) is 5.91 Å². The zero-order valence-corrected chi connectivity index (χ0v) is 18.8. The van der Waals surface area contributed by atoms with Gasteiger partial charge in [-0.3, -0.25) is 14.2 Å². The quantitative estimate of drug-likeness (QED) is 0.571. The summed E-state index contributed by atoms with van der Waals surface area (Å²) < 4.78 is 7.50. The topological polar surface area (TPSA) is 76.5 Å². The minimum absolute atomic E-state index is 0.142. The maximum Gasteiger partial charge on any atom is 0.265 e. The zero-order chi connectivity index (χ0) is 22.5. The fourth-order valence-corrected chi connectivity index (χ4v) is 4.23. The third-order valence-electron chi connectivity index (χ3n) is 5.79. The molecule has 7 nitrogen and oxygen atoms in total. The molecule has 1 saturated heterocycles. The van der Waals surface area contributed by atoms with Crippen LogP contribution in [0.15, 0.2) is 47.3 Å². The molecule has 1 aromatic heterocycles. The van der Waals surface area contributed by atoms with Crippen LogP contribution in [0, 0.1) is 6.92 Å². The van der Waals surface area contributed by atoms with Gasteiger partial charge in [-0.1, -0.05) is 6.42 Å². The Hall–Kier alpha value is -3.19. The second kappa shape index (κ2) is 9.96. The molecular weight excluding hydrogens is 404 g/mol. The largest absolute Gasteiger partial charge is 0.494 e. The van der Waals surface area contributed by atoms with Crippen LogP contribution in [-0.4, -0.2) is 46.6 Å². The second-order valence-electron chi connectivity index (χ2n) is 8.31. The van der Waals surface area contributed by atoms with Crippen molar-refractivity contribution in [1.29, 1.82) is 0 Å². The van der Waals surface area contributed by atoms with Crippen molar-refractivity contribution in [2.75, 3.05) is 31.6 Å². The number of fused-ring (bicyclic) bond motifs is 1. The lowest BCUT2D eigenvalue weighted by atomic mass is 10.1. The monoisotopic (exact) mass is 434 g/mol. The number of nitrogens with zero attached hydrogens (tertiary/aromatic N) is 3. The molecule has 0 aliphatic carbocycles. The number of benzene rings is 2. The molecule has 1 amide bonds. The lowest BCUT2D eigenvalue weighted by Crippen LogP contribution is -2.31. The summed E-state index contributed by atoms with van der Waals surface area (Å²) in [6.07, 6.45) is 4.98. The number of ether oxygens (including phenoxy) is 1. The van der Waals surface area contributed by atoms with E-state index in [4.69, 9.17) is 4.74 Å². The van der Waals surface area contributed by atoms with Gasteiger partial charge in [-0.2, -0.15) is 0 Å². The minimum atomic E-state index is -0.164. The highest BCUT2D eigenvalue weighted by molar-refractivity contribution is 5.91. The summed E-state index contributed by atoms with van der Waals surface area (Å²) in [5.41, 5.74) is 1.78. The summed E-state index contributed by atoms with van der Waals surface area (Å²) in [5.74, 6) is 1.22. The minimum Gasteiger partial charge on any atom is -0.494 e. The molecule has 1 N–H and O–H groups in total. The van der Waals surface area contributed by atoms with Crippen molar-refractivity contribution in [2.24, 2.45) is 0 Å². The van der Waals surface area contributed by atoms with Crippen LogP contribution in [0.2, 0.25) is 0 Å². The van der Waals surface area contributed by atoms with Crippen LogP contribution >= 0.6 is 0 Å². The summed E-state index contributed by atoms with van der Waals surface area (Å²) in [6.45, 7) is 7.43. The molecule has 0 radical (unpaired) electrons. The molecular formula is C25H30N4O3. The molecule has 2 aromatic carbocycles. The second-order valence-corrected chi connectivity index (χ2v) is 8.31. The Kier molecular flexibility index (Phi) is 6.85. The first kappa shape index (κ1) is 22.0. The average Bonchev–Trinajstić information content (AvgIpc) is 2.78. The third kappa shape index (κ3) is 5.16. The molecule has 0 saturated carbocycles. The molecule has 2 heterocycles. The number of hydrogen-bond donors (Lipinski definition) is 1. The highest BCUT2D eigenvalue weighted by Gasteiger charge is 2.12. The average molecular weight is 435 g/mol. The highest BCUT2D eigenvalue weighted by atomic mass is 16.5. The van der Waals surface area contributed by atoms with Crippen LogP contribution in [0.4, 0.5) is 5.69 Å². The van der Waals surface area contributed by atoms with Crippen molar-refractivity contribution in [2.45, 2.75) is 39.5 Å². The summed E-state index contributed by atoms with van der Waals surface area (Å²) in [6, 6.07) is 12.7.